The first-order valence-electron chi connectivity index (χ1n) is 5.04. The normalized spacial score (nSPS) is 9.94. The molecule has 0 aliphatic heterocycles. The van der Waals surface area contributed by atoms with Gasteiger partial charge in [-0.2, -0.15) is 0 Å². The van der Waals surface area contributed by atoms with Crippen LogP contribution in [0.2, 0.25) is 5.02 Å². The molecular formula is C13H11ClN2O. The molecule has 0 aromatic heterocycles. The van der Waals surface area contributed by atoms with Crippen LogP contribution in [0.4, 0.5) is 0 Å². The summed E-state index contributed by atoms with van der Waals surface area (Å²) in [5.41, 5.74) is 6.03. The average molecular weight is 247 g/mol. The maximum absolute atomic E-state index is 7.46. The molecule has 2 aromatic rings. The van der Waals surface area contributed by atoms with Crippen LogP contribution in [0.15, 0.2) is 48.5 Å². The van der Waals surface area contributed by atoms with E-state index in [-0.39, 0.29) is 5.84 Å². The predicted molar refractivity (Wildman–Crippen MR) is 69.0 cm³/mol. The number of para-hydroxylation sites is 2. The Morgan fingerprint density at radius 2 is 1.59 bits per heavy atom. The highest BCUT2D eigenvalue weighted by Gasteiger charge is 2.08. The number of rotatable bonds is 3. The molecule has 0 saturated carbocycles. The fourth-order valence-electron chi connectivity index (χ4n) is 1.42. The third-order valence-corrected chi connectivity index (χ3v) is 2.55. The van der Waals surface area contributed by atoms with Crippen molar-refractivity contribution in [2.24, 2.45) is 5.73 Å². The Morgan fingerprint density at radius 3 is 2.24 bits per heavy atom. The van der Waals surface area contributed by atoms with E-state index in [9.17, 15) is 0 Å². The molecule has 4 heteroatoms. The molecule has 0 aliphatic rings. The largest absolute Gasteiger partial charge is 0.455 e. The second-order valence-electron chi connectivity index (χ2n) is 3.44. The van der Waals surface area contributed by atoms with E-state index >= 15 is 0 Å². The summed E-state index contributed by atoms with van der Waals surface area (Å²) in [6.45, 7) is 0. The van der Waals surface area contributed by atoms with E-state index in [0.29, 0.717) is 22.1 Å². The quantitative estimate of drug-likeness (QED) is 0.644. The van der Waals surface area contributed by atoms with Gasteiger partial charge in [0, 0.05) is 0 Å². The average Bonchev–Trinajstić information content (AvgIpc) is 2.32. The number of halogens is 1. The van der Waals surface area contributed by atoms with Gasteiger partial charge in [0.15, 0.2) is 0 Å². The van der Waals surface area contributed by atoms with E-state index in [1.54, 1.807) is 30.3 Å². The molecule has 3 nitrogen and oxygen atoms in total. The number of hydrogen-bond acceptors (Lipinski definition) is 2. The Labute approximate surface area is 104 Å². The van der Waals surface area contributed by atoms with Crippen molar-refractivity contribution in [2.75, 3.05) is 0 Å². The van der Waals surface area contributed by atoms with Gasteiger partial charge in [-0.05, 0) is 24.3 Å². The number of nitrogen functional groups attached to an aromatic ring is 1. The molecule has 0 aliphatic carbocycles. The second-order valence-corrected chi connectivity index (χ2v) is 3.85. The number of amidine groups is 1. The summed E-state index contributed by atoms with van der Waals surface area (Å²) in [6.07, 6.45) is 0. The zero-order chi connectivity index (χ0) is 12.3. The van der Waals surface area contributed by atoms with E-state index in [1.165, 1.54) is 0 Å². The van der Waals surface area contributed by atoms with Gasteiger partial charge in [0.05, 0.1) is 10.6 Å². The predicted octanol–water partition coefficient (Wildman–Crippen LogP) is 3.42. The molecule has 2 aromatic carbocycles. The Morgan fingerprint density at radius 1 is 1.00 bits per heavy atom. The Balaban J connectivity index is 2.37. The van der Waals surface area contributed by atoms with E-state index in [1.807, 2.05) is 18.2 Å². The molecule has 86 valence electrons. The lowest BCUT2D eigenvalue weighted by atomic mass is 10.2. The van der Waals surface area contributed by atoms with Gasteiger partial charge in [-0.25, -0.2) is 0 Å². The molecule has 0 radical (unpaired) electrons. The van der Waals surface area contributed by atoms with Crippen LogP contribution in [-0.2, 0) is 0 Å². The van der Waals surface area contributed by atoms with Crippen LogP contribution < -0.4 is 10.5 Å². The molecule has 2 rings (SSSR count). The molecule has 0 fully saturated rings. The van der Waals surface area contributed by atoms with Crippen molar-refractivity contribution < 1.29 is 4.74 Å². The van der Waals surface area contributed by atoms with Crippen molar-refractivity contribution in [1.29, 1.82) is 5.41 Å². The minimum absolute atomic E-state index is 0.0346. The van der Waals surface area contributed by atoms with E-state index < -0.39 is 0 Å². The fraction of sp³-hybridized carbons (Fsp3) is 0. The number of ether oxygens (including phenoxy) is 1. The van der Waals surface area contributed by atoms with Gasteiger partial charge in [0.1, 0.15) is 17.3 Å². The minimum Gasteiger partial charge on any atom is -0.455 e. The highest BCUT2D eigenvalue weighted by atomic mass is 35.5. The lowest BCUT2D eigenvalue weighted by Gasteiger charge is -2.10. The van der Waals surface area contributed by atoms with Gasteiger partial charge in [-0.3, -0.25) is 5.41 Å². The monoisotopic (exact) mass is 246 g/mol. The minimum atomic E-state index is -0.0346. The first-order valence-corrected chi connectivity index (χ1v) is 5.42. The molecule has 3 N–H and O–H groups in total. The van der Waals surface area contributed by atoms with Gasteiger partial charge in [0.25, 0.3) is 0 Å². The smallest absolute Gasteiger partial charge is 0.146 e. The molecule has 0 bridgehead atoms. The first kappa shape index (κ1) is 11.5. The Hall–Kier alpha value is -2.00. The summed E-state index contributed by atoms with van der Waals surface area (Å²) < 4.78 is 5.65. The standard InChI is InChI=1S/C13H11ClN2O/c14-10-6-2-4-8-12(10)17-11-7-3-1-5-9(11)13(15)16/h1-8H,(H3,15,16). The Kier molecular flexibility index (Phi) is 3.30. The van der Waals surface area contributed by atoms with Crippen LogP contribution in [0, 0.1) is 5.41 Å². The van der Waals surface area contributed by atoms with Crippen LogP contribution in [0.25, 0.3) is 0 Å². The number of nitrogens with two attached hydrogens (primary N) is 1. The molecule has 17 heavy (non-hydrogen) atoms. The molecular weight excluding hydrogens is 236 g/mol. The maximum Gasteiger partial charge on any atom is 0.146 e. The van der Waals surface area contributed by atoms with Gasteiger partial charge in [0.2, 0.25) is 0 Å². The van der Waals surface area contributed by atoms with Gasteiger partial charge >= 0.3 is 0 Å². The van der Waals surface area contributed by atoms with Crippen LogP contribution >= 0.6 is 11.6 Å². The summed E-state index contributed by atoms with van der Waals surface area (Å²) in [7, 11) is 0. The van der Waals surface area contributed by atoms with Crippen LogP contribution in [0.3, 0.4) is 0 Å². The molecule has 0 spiro atoms. The van der Waals surface area contributed by atoms with Crippen LogP contribution in [0.1, 0.15) is 5.56 Å². The van der Waals surface area contributed by atoms with Crippen molar-refractivity contribution in [3.8, 4) is 11.5 Å². The van der Waals surface area contributed by atoms with Crippen molar-refractivity contribution in [2.45, 2.75) is 0 Å². The Bertz CT molecular complexity index is 555. The van der Waals surface area contributed by atoms with Crippen molar-refractivity contribution >= 4 is 17.4 Å². The van der Waals surface area contributed by atoms with Gasteiger partial charge in [-0.1, -0.05) is 35.9 Å². The third-order valence-electron chi connectivity index (χ3n) is 2.23. The summed E-state index contributed by atoms with van der Waals surface area (Å²) in [4.78, 5) is 0. The lowest BCUT2D eigenvalue weighted by molar-refractivity contribution is 0.482. The summed E-state index contributed by atoms with van der Waals surface area (Å²) in [5.74, 6) is 1.03. The maximum atomic E-state index is 7.46. The van der Waals surface area contributed by atoms with Crippen LogP contribution in [0.5, 0.6) is 11.5 Å². The molecule has 0 unspecified atom stereocenters. The molecule has 0 amide bonds. The summed E-state index contributed by atoms with van der Waals surface area (Å²) in [5, 5.41) is 7.98. The van der Waals surface area contributed by atoms with Crippen LogP contribution in [-0.4, -0.2) is 5.84 Å². The van der Waals surface area contributed by atoms with E-state index in [2.05, 4.69) is 0 Å². The van der Waals surface area contributed by atoms with Crippen molar-refractivity contribution in [3.63, 3.8) is 0 Å². The molecule has 0 heterocycles. The van der Waals surface area contributed by atoms with Gasteiger partial charge < -0.3 is 10.5 Å². The lowest BCUT2D eigenvalue weighted by Crippen LogP contribution is -2.12. The highest BCUT2D eigenvalue weighted by Crippen LogP contribution is 2.30. The highest BCUT2D eigenvalue weighted by molar-refractivity contribution is 6.32. The van der Waals surface area contributed by atoms with Crippen molar-refractivity contribution in [1.82, 2.24) is 0 Å². The zero-order valence-electron chi connectivity index (χ0n) is 8.98. The zero-order valence-corrected chi connectivity index (χ0v) is 9.74. The molecule has 0 saturated heterocycles. The van der Waals surface area contributed by atoms with Gasteiger partial charge in [-0.15, -0.1) is 0 Å². The number of hydrogen-bond donors (Lipinski definition) is 2. The summed E-state index contributed by atoms with van der Waals surface area (Å²) in [6, 6.07) is 14.3. The van der Waals surface area contributed by atoms with E-state index in [0.717, 1.165) is 0 Å². The third kappa shape index (κ3) is 2.57. The number of benzene rings is 2. The SMILES string of the molecule is N=C(N)c1ccccc1Oc1ccccc1Cl. The van der Waals surface area contributed by atoms with E-state index in [4.69, 9.17) is 27.5 Å². The van der Waals surface area contributed by atoms with Crippen molar-refractivity contribution in [3.05, 3.63) is 59.1 Å². The first-order chi connectivity index (χ1) is 8.18. The summed E-state index contributed by atoms with van der Waals surface area (Å²) >= 11 is 6.00. The molecule has 0 atom stereocenters. The fourth-order valence-corrected chi connectivity index (χ4v) is 1.60. The second kappa shape index (κ2) is 4.89. The topological polar surface area (TPSA) is 59.1 Å². The number of nitrogens with one attached hydrogen (secondary N) is 1.